The first-order valence-corrected chi connectivity index (χ1v) is 6.48. The third kappa shape index (κ3) is 2.83. The Morgan fingerprint density at radius 2 is 1.88 bits per heavy atom. The molecule has 3 nitrogen and oxygen atoms in total. The number of rotatable bonds is 3. The van der Waals surface area contributed by atoms with Crippen LogP contribution in [-0.4, -0.2) is 29.2 Å². The number of nitrogens with zero attached hydrogens (tertiary/aromatic N) is 1. The number of carbonyl (C=O) groups excluding carboxylic acids is 2. The highest BCUT2D eigenvalue weighted by atomic mass is 16.2. The van der Waals surface area contributed by atoms with E-state index in [4.69, 9.17) is 0 Å². The molecule has 16 heavy (non-hydrogen) atoms. The fraction of sp³-hybridized carbons (Fsp3) is 0.846. The SMILES string of the molecule is CC(=O)CC1CCCCCN1C(=O)C1CC1. The largest absolute Gasteiger partial charge is 0.339 e. The molecule has 0 aromatic heterocycles. The molecule has 3 heteroatoms. The van der Waals surface area contributed by atoms with Crippen LogP contribution < -0.4 is 0 Å². The zero-order valence-electron chi connectivity index (χ0n) is 10.1. The number of hydrogen-bond acceptors (Lipinski definition) is 2. The van der Waals surface area contributed by atoms with Gasteiger partial charge in [0.15, 0.2) is 0 Å². The van der Waals surface area contributed by atoms with E-state index in [1.807, 2.05) is 4.90 Å². The summed E-state index contributed by atoms with van der Waals surface area (Å²) >= 11 is 0. The zero-order chi connectivity index (χ0) is 11.5. The molecule has 1 saturated heterocycles. The van der Waals surface area contributed by atoms with Crippen molar-refractivity contribution in [3.63, 3.8) is 0 Å². The number of carbonyl (C=O) groups is 2. The second-order valence-corrected chi connectivity index (χ2v) is 5.22. The molecule has 0 spiro atoms. The highest BCUT2D eigenvalue weighted by Gasteiger charge is 2.36. The highest BCUT2D eigenvalue weighted by molar-refractivity contribution is 5.82. The average molecular weight is 223 g/mol. The van der Waals surface area contributed by atoms with Gasteiger partial charge in [0.05, 0.1) is 0 Å². The van der Waals surface area contributed by atoms with E-state index < -0.39 is 0 Å². The van der Waals surface area contributed by atoms with Gasteiger partial charge in [-0.1, -0.05) is 12.8 Å². The third-order valence-corrected chi connectivity index (χ3v) is 3.61. The molecule has 90 valence electrons. The fourth-order valence-corrected chi connectivity index (χ4v) is 2.58. The van der Waals surface area contributed by atoms with E-state index in [2.05, 4.69) is 0 Å². The van der Waals surface area contributed by atoms with Gasteiger partial charge in [0.1, 0.15) is 5.78 Å². The molecule has 0 aromatic carbocycles. The van der Waals surface area contributed by atoms with Crippen LogP contribution in [0.15, 0.2) is 0 Å². The van der Waals surface area contributed by atoms with E-state index in [0.717, 1.165) is 38.6 Å². The van der Waals surface area contributed by atoms with Crippen molar-refractivity contribution in [1.82, 2.24) is 4.90 Å². The second kappa shape index (κ2) is 4.98. The van der Waals surface area contributed by atoms with Gasteiger partial charge in [-0.2, -0.15) is 0 Å². The Labute approximate surface area is 97.2 Å². The molecule has 0 bridgehead atoms. The predicted octanol–water partition coefficient (Wildman–Crippen LogP) is 2.15. The summed E-state index contributed by atoms with van der Waals surface area (Å²) in [5.41, 5.74) is 0. The standard InChI is InChI=1S/C13H21NO2/c1-10(15)9-12-5-3-2-4-8-14(12)13(16)11-6-7-11/h11-12H,2-9H2,1H3. The van der Waals surface area contributed by atoms with Crippen LogP contribution in [0.2, 0.25) is 0 Å². The van der Waals surface area contributed by atoms with Crippen molar-refractivity contribution in [2.24, 2.45) is 5.92 Å². The van der Waals surface area contributed by atoms with Crippen LogP contribution in [-0.2, 0) is 9.59 Å². The normalized spacial score (nSPS) is 26.3. The lowest BCUT2D eigenvalue weighted by molar-refractivity contribution is -0.135. The lowest BCUT2D eigenvalue weighted by Crippen LogP contribution is -2.41. The van der Waals surface area contributed by atoms with Gasteiger partial charge >= 0.3 is 0 Å². The van der Waals surface area contributed by atoms with Crippen molar-refractivity contribution >= 4 is 11.7 Å². The Hall–Kier alpha value is -0.860. The van der Waals surface area contributed by atoms with Gasteiger partial charge < -0.3 is 4.90 Å². The number of hydrogen-bond donors (Lipinski definition) is 0. The average Bonchev–Trinajstić information content (AvgIpc) is 3.03. The topological polar surface area (TPSA) is 37.4 Å². The van der Waals surface area contributed by atoms with E-state index >= 15 is 0 Å². The summed E-state index contributed by atoms with van der Waals surface area (Å²) in [6.45, 7) is 2.50. The molecule has 1 heterocycles. The first-order chi connectivity index (χ1) is 7.68. The summed E-state index contributed by atoms with van der Waals surface area (Å²) in [6, 6.07) is 0.188. The molecule has 1 aliphatic carbocycles. The molecular formula is C13H21NO2. The number of Topliss-reactive ketones (excluding diaryl/α,β-unsaturated/α-hetero) is 1. The maximum Gasteiger partial charge on any atom is 0.225 e. The van der Waals surface area contributed by atoms with Crippen molar-refractivity contribution in [2.45, 2.75) is 57.9 Å². The molecule has 1 aliphatic heterocycles. The minimum atomic E-state index is 0.188. The summed E-state index contributed by atoms with van der Waals surface area (Å²) in [7, 11) is 0. The van der Waals surface area contributed by atoms with Gasteiger partial charge in [0, 0.05) is 24.9 Å². The smallest absolute Gasteiger partial charge is 0.225 e. The Kier molecular flexibility index (Phi) is 3.62. The van der Waals surface area contributed by atoms with E-state index in [0.29, 0.717) is 12.3 Å². The first kappa shape index (κ1) is 11.6. The first-order valence-electron chi connectivity index (χ1n) is 6.48. The fourth-order valence-electron chi connectivity index (χ4n) is 2.58. The van der Waals surface area contributed by atoms with Gasteiger partial charge in [-0.15, -0.1) is 0 Å². The molecule has 0 N–H and O–H groups in total. The van der Waals surface area contributed by atoms with Crippen molar-refractivity contribution in [3.8, 4) is 0 Å². The number of likely N-dealkylation sites (tertiary alicyclic amines) is 1. The lowest BCUT2D eigenvalue weighted by Gasteiger charge is -2.29. The molecule has 2 aliphatic rings. The van der Waals surface area contributed by atoms with Gasteiger partial charge in [0.2, 0.25) is 5.91 Å². The number of amides is 1. The minimum Gasteiger partial charge on any atom is -0.339 e. The van der Waals surface area contributed by atoms with Crippen LogP contribution >= 0.6 is 0 Å². The summed E-state index contributed by atoms with van der Waals surface area (Å²) in [5.74, 6) is 0.807. The van der Waals surface area contributed by atoms with Gasteiger partial charge in [0.25, 0.3) is 0 Å². The summed E-state index contributed by atoms with van der Waals surface area (Å²) in [6.07, 6.45) is 7.14. The van der Waals surface area contributed by atoms with Crippen LogP contribution in [0.4, 0.5) is 0 Å². The Bertz CT molecular complexity index is 284. The van der Waals surface area contributed by atoms with Crippen molar-refractivity contribution < 1.29 is 9.59 Å². The molecule has 0 aromatic rings. The predicted molar refractivity (Wildman–Crippen MR) is 62.0 cm³/mol. The molecule has 2 fully saturated rings. The van der Waals surface area contributed by atoms with Gasteiger partial charge in [-0.05, 0) is 32.6 Å². The maximum atomic E-state index is 12.1. The monoisotopic (exact) mass is 223 g/mol. The Morgan fingerprint density at radius 3 is 2.50 bits per heavy atom. The zero-order valence-corrected chi connectivity index (χ0v) is 10.1. The molecule has 1 unspecified atom stereocenters. The number of ketones is 1. The van der Waals surface area contributed by atoms with Crippen LogP contribution in [0.1, 0.15) is 51.9 Å². The van der Waals surface area contributed by atoms with Crippen LogP contribution in [0.25, 0.3) is 0 Å². The van der Waals surface area contributed by atoms with E-state index in [9.17, 15) is 9.59 Å². The molecule has 1 atom stereocenters. The van der Waals surface area contributed by atoms with Gasteiger partial charge in [-0.25, -0.2) is 0 Å². The summed E-state index contributed by atoms with van der Waals surface area (Å²) < 4.78 is 0. The highest BCUT2D eigenvalue weighted by Crippen LogP contribution is 2.33. The summed E-state index contributed by atoms with van der Waals surface area (Å²) in [4.78, 5) is 25.4. The van der Waals surface area contributed by atoms with Crippen LogP contribution in [0.5, 0.6) is 0 Å². The molecule has 1 saturated carbocycles. The third-order valence-electron chi connectivity index (χ3n) is 3.61. The second-order valence-electron chi connectivity index (χ2n) is 5.22. The van der Waals surface area contributed by atoms with Crippen LogP contribution in [0, 0.1) is 5.92 Å². The Morgan fingerprint density at radius 1 is 1.12 bits per heavy atom. The van der Waals surface area contributed by atoms with Crippen molar-refractivity contribution in [2.75, 3.05) is 6.54 Å². The van der Waals surface area contributed by atoms with E-state index in [-0.39, 0.29) is 17.7 Å². The van der Waals surface area contributed by atoms with Gasteiger partial charge in [-0.3, -0.25) is 9.59 Å². The van der Waals surface area contributed by atoms with Crippen molar-refractivity contribution in [1.29, 1.82) is 0 Å². The summed E-state index contributed by atoms with van der Waals surface area (Å²) in [5, 5.41) is 0. The quantitative estimate of drug-likeness (QED) is 0.735. The molecular weight excluding hydrogens is 202 g/mol. The van der Waals surface area contributed by atoms with Crippen molar-refractivity contribution in [3.05, 3.63) is 0 Å². The molecule has 2 rings (SSSR count). The van der Waals surface area contributed by atoms with Crippen LogP contribution in [0.3, 0.4) is 0 Å². The lowest BCUT2D eigenvalue weighted by atomic mass is 10.0. The maximum absolute atomic E-state index is 12.1. The molecule has 1 amide bonds. The Balaban J connectivity index is 2.02. The molecule has 0 radical (unpaired) electrons. The minimum absolute atomic E-state index is 0.188. The van der Waals surface area contributed by atoms with E-state index in [1.54, 1.807) is 6.92 Å². The van der Waals surface area contributed by atoms with E-state index in [1.165, 1.54) is 6.42 Å².